The Kier molecular flexibility index (Phi) is 4.91. The number of benzene rings is 2. The zero-order valence-electron chi connectivity index (χ0n) is 16.2. The van der Waals surface area contributed by atoms with Crippen molar-refractivity contribution < 1.29 is 0 Å². The van der Waals surface area contributed by atoms with E-state index in [-0.39, 0.29) is 6.04 Å². The number of hydrogen-bond donors (Lipinski definition) is 3. The minimum Gasteiger partial charge on any atom is -0.383 e. The molecule has 3 aromatic heterocycles. The summed E-state index contributed by atoms with van der Waals surface area (Å²) in [7, 11) is 0. The Balaban J connectivity index is 1.53. The first-order chi connectivity index (χ1) is 14.8. The summed E-state index contributed by atoms with van der Waals surface area (Å²) in [6, 6.07) is 20.2. The number of thiophene rings is 1. The lowest BCUT2D eigenvalue weighted by Crippen LogP contribution is -2.16. The van der Waals surface area contributed by atoms with Crippen molar-refractivity contribution in [3.05, 3.63) is 101 Å². The van der Waals surface area contributed by atoms with Gasteiger partial charge < -0.3 is 15.7 Å². The average Bonchev–Trinajstić information content (AvgIpc) is 3.55. The molecule has 0 aliphatic rings. The first-order valence-corrected chi connectivity index (χ1v) is 10.7. The first kappa shape index (κ1) is 18.4. The van der Waals surface area contributed by atoms with Crippen LogP contribution in [-0.4, -0.2) is 20.8 Å². The number of rotatable bonds is 6. The number of hydrogen-bond acceptors (Lipinski definition) is 3. The van der Waals surface area contributed by atoms with Crippen LogP contribution in [0.25, 0.3) is 22.2 Å². The molecule has 0 radical (unpaired) electrons. The van der Waals surface area contributed by atoms with E-state index in [0.717, 1.165) is 28.2 Å². The summed E-state index contributed by atoms with van der Waals surface area (Å²) < 4.78 is 0. The van der Waals surface area contributed by atoms with E-state index in [1.54, 1.807) is 11.3 Å². The standard InChI is InChI=1S/C24H21N5S/c25-23(17-10-11-30-15-17)28-21(12-18-13-26-20-9-5-4-8-19(18)20)24-27-14-22(29-24)16-6-2-1-3-7-16/h1-11,13-15,21,26H,12H2,(H2,25,28)(H,27,29)/t21-/m1/s1. The fourth-order valence-electron chi connectivity index (χ4n) is 3.64. The van der Waals surface area contributed by atoms with Crippen LogP contribution in [-0.2, 0) is 6.42 Å². The third-order valence-electron chi connectivity index (χ3n) is 5.20. The highest BCUT2D eigenvalue weighted by Gasteiger charge is 2.19. The second-order valence-corrected chi connectivity index (χ2v) is 7.93. The predicted octanol–water partition coefficient (Wildman–Crippen LogP) is 5.31. The molecule has 6 heteroatoms. The van der Waals surface area contributed by atoms with Crippen LogP contribution in [0.15, 0.2) is 88.8 Å². The molecule has 3 heterocycles. The van der Waals surface area contributed by atoms with Crippen molar-refractivity contribution in [3.63, 3.8) is 0 Å². The van der Waals surface area contributed by atoms with Crippen molar-refractivity contribution in [2.75, 3.05) is 0 Å². The van der Waals surface area contributed by atoms with Gasteiger partial charge in [-0.05, 0) is 28.6 Å². The second-order valence-electron chi connectivity index (χ2n) is 7.15. The Hall–Kier alpha value is -3.64. The number of fused-ring (bicyclic) bond motifs is 1. The lowest BCUT2D eigenvalue weighted by atomic mass is 10.0. The highest BCUT2D eigenvalue weighted by Crippen LogP contribution is 2.28. The molecule has 0 unspecified atom stereocenters. The van der Waals surface area contributed by atoms with E-state index in [1.165, 1.54) is 10.9 Å². The molecule has 0 aliphatic carbocycles. The minimum atomic E-state index is -0.221. The van der Waals surface area contributed by atoms with Crippen molar-refractivity contribution in [2.45, 2.75) is 12.5 Å². The van der Waals surface area contributed by atoms with Crippen molar-refractivity contribution in [3.8, 4) is 11.3 Å². The number of imidazole rings is 1. The van der Waals surface area contributed by atoms with Gasteiger partial charge in [0.2, 0.25) is 0 Å². The summed E-state index contributed by atoms with van der Waals surface area (Å²) in [6.07, 6.45) is 4.61. The molecule has 0 saturated heterocycles. The Bertz CT molecular complexity index is 1280. The van der Waals surface area contributed by atoms with Crippen molar-refractivity contribution in [1.29, 1.82) is 0 Å². The number of nitrogens with two attached hydrogens (primary N) is 1. The summed E-state index contributed by atoms with van der Waals surface area (Å²) in [5.41, 5.74) is 11.7. The van der Waals surface area contributed by atoms with E-state index in [9.17, 15) is 0 Å². The predicted molar refractivity (Wildman–Crippen MR) is 124 cm³/mol. The largest absolute Gasteiger partial charge is 0.383 e. The fourth-order valence-corrected chi connectivity index (χ4v) is 4.28. The van der Waals surface area contributed by atoms with Crippen molar-refractivity contribution >= 4 is 28.1 Å². The smallest absolute Gasteiger partial charge is 0.131 e. The maximum atomic E-state index is 6.34. The van der Waals surface area contributed by atoms with Crippen LogP contribution in [0.4, 0.5) is 0 Å². The Labute approximate surface area is 178 Å². The van der Waals surface area contributed by atoms with Gasteiger partial charge in [0.05, 0.1) is 11.9 Å². The molecule has 0 spiro atoms. The Morgan fingerprint density at radius 1 is 1.07 bits per heavy atom. The van der Waals surface area contributed by atoms with Gasteiger partial charge in [0.15, 0.2) is 0 Å². The third kappa shape index (κ3) is 3.65. The van der Waals surface area contributed by atoms with Crippen LogP contribution in [0, 0.1) is 0 Å². The van der Waals surface area contributed by atoms with Crippen LogP contribution < -0.4 is 5.73 Å². The zero-order valence-corrected chi connectivity index (χ0v) is 17.1. The van der Waals surface area contributed by atoms with Gasteiger partial charge in [0, 0.05) is 34.5 Å². The van der Waals surface area contributed by atoms with Crippen LogP contribution in [0.1, 0.15) is 23.0 Å². The summed E-state index contributed by atoms with van der Waals surface area (Å²) in [5, 5.41) is 5.22. The summed E-state index contributed by atoms with van der Waals surface area (Å²) in [4.78, 5) is 16.3. The average molecular weight is 412 g/mol. The van der Waals surface area contributed by atoms with Gasteiger partial charge in [0.1, 0.15) is 17.7 Å². The Morgan fingerprint density at radius 3 is 2.73 bits per heavy atom. The van der Waals surface area contributed by atoms with Gasteiger partial charge in [0.25, 0.3) is 0 Å². The molecule has 148 valence electrons. The first-order valence-electron chi connectivity index (χ1n) is 9.79. The molecule has 0 aliphatic heterocycles. The van der Waals surface area contributed by atoms with E-state index in [2.05, 4.69) is 51.5 Å². The molecule has 5 nitrogen and oxygen atoms in total. The van der Waals surface area contributed by atoms with E-state index in [4.69, 9.17) is 10.7 Å². The van der Waals surface area contributed by atoms with E-state index >= 15 is 0 Å². The molecule has 0 bridgehead atoms. The summed E-state index contributed by atoms with van der Waals surface area (Å²) in [5.74, 6) is 1.33. The fraction of sp³-hybridized carbons (Fsp3) is 0.0833. The third-order valence-corrected chi connectivity index (χ3v) is 5.88. The maximum absolute atomic E-state index is 6.34. The number of aromatic amines is 2. The molecule has 0 saturated carbocycles. The van der Waals surface area contributed by atoms with E-state index in [0.29, 0.717) is 12.3 Å². The zero-order chi connectivity index (χ0) is 20.3. The lowest BCUT2D eigenvalue weighted by molar-refractivity contribution is 0.682. The topological polar surface area (TPSA) is 82.8 Å². The van der Waals surface area contributed by atoms with Crippen LogP contribution >= 0.6 is 11.3 Å². The summed E-state index contributed by atoms with van der Waals surface area (Å²) >= 11 is 1.61. The monoisotopic (exact) mass is 411 g/mol. The SMILES string of the molecule is NC(=N[C@H](Cc1c[nH]c2ccccc12)c1ncc(-c2ccccc2)[nH]1)c1ccsc1. The number of aromatic nitrogens is 3. The molecule has 5 rings (SSSR count). The van der Waals surface area contributed by atoms with Crippen LogP contribution in [0.5, 0.6) is 0 Å². The molecule has 2 aromatic carbocycles. The number of nitrogens with one attached hydrogen (secondary N) is 2. The molecule has 1 atom stereocenters. The molecule has 4 N–H and O–H groups in total. The van der Waals surface area contributed by atoms with E-state index < -0.39 is 0 Å². The molecule has 0 amide bonds. The molecular formula is C24H21N5S. The second kappa shape index (κ2) is 8.00. The Morgan fingerprint density at radius 2 is 1.90 bits per heavy atom. The van der Waals surface area contributed by atoms with E-state index in [1.807, 2.05) is 47.3 Å². The molecule has 5 aromatic rings. The number of nitrogens with zero attached hydrogens (tertiary/aromatic N) is 2. The van der Waals surface area contributed by atoms with Gasteiger partial charge in [-0.1, -0.05) is 48.5 Å². The van der Waals surface area contributed by atoms with Crippen LogP contribution in [0.2, 0.25) is 0 Å². The highest BCUT2D eigenvalue weighted by molar-refractivity contribution is 7.08. The van der Waals surface area contributed by atoms with Crippen LogP contribution in [0.3, 0.4) is 0 Å². The number of H-pyrrole nitrogens is 2. The quantitative estimate of drug-likeness (QED) is 0.261. The maximum Gasteiger partial charge on any atom is 0.131 e. The highest BCUT2D eigenvalue weighted by atomic mass is 32.1. The lowest BCUT2D eigenvalue weighted by Gasteiger charge is -2.11. The normalized spacial score (nSPS) is 13.0. The molecule has 0 fully saturated rings. The number of para-hydroxylation sites is 1. The molecular weight excluding hydrogens is 390 g/mol. The number of amidine groups is 1. The van der Waals surface area contributed by atoms with Crippen molar-refractivity contribution in [2.24, 2.45) is 10.7 Å². The van der Waals surface area contributed by atoms with Gasteiger partial charge in [-0.3, -0.25) is 4.99 Å². The van der Waals surface area contributed by atoms with Crippen molar-refractivity contribution in [1.82, 2.24) is 15.0 Å². The van der Waals surface area contributed by atoms with Gasteiger partial charge in [-0.2, -0.15) is 11.3 Å². The van der Waals surface area contributed by atoms with Gasteiger partial charge in [-0.15, -0.1) is 0 Å². The van der Waals surface area contributed by atoms with Gasteiger partial charge >= 0.3 is 0 Å². The van der Waals surface area contributed by atoms with Gasteiger partial charge in [-0.25, -0.2) is 4.98 Å². The number of aliphatic imine (C=N–C) groups is 1. The summed E-state index contributed by atoms with van der Waals surface area (Å²) in [6.45, 7) is 0. The minimum absolute atomic E-state index is 0.221. The molecule has 30 heavy (non-hydrogen) atoms.